The zero-order valence-electron chi connectivity index (χ0n) is 25.0. The highest BCUT2D eigenvalue weighted by Crippen LogP contribution is 2.44. The van der Waals surface area contributed by atoms with E-state index in [1.54, 1.807) is 4.52 Å². The number of pyridine rings is 1. The highest BCUT2D eigenvalue weighted by atomic mass is 35.5. The lowest BCUT2D eigenvalue weighted by molar-refractivity contribution is -0.133. The number of aromatic nitrogens is 3. The molecular formula is C32H36ClN11O. The first-order valence-electron chi connectivity index (χ1n) is 15.5. The van der Waals surface area contributed by atoms with Gasteiger partial charge in [-0.05, 0) is 55.5 Å². The van der Waals surface area contributed by atoms with E-state index < -0.39 is 0 Å². The van der Waals surface area contributed by atoms with Gasteiger partial charge in [-0.1, -0.05) is 23.7 Å². The van der Waals surface area contributed by atoms with Gasteiger partial charge < -0.3 is 25.4 Å². The molecule has 1 amide bonds. The van der Waals surface area contributed by atoms with E-state index in [1.165, 1.54) is 0 Å². The van der Waals surface area contributed by atoms with Crippen LogP contribution in [0.3, 0.4) is 0 Å². The number of fused-ring (bicyclic) bond motifs is 1. The summed E-state index contributed by atoms with van der Waals surface area (Å²) in [6.45, 7) is 4.35. The van der Waals surface area contributed by atoms with Gasteiger partial charge in [-0.2, -0.15) is 15.5 Å². The first-order chi connectivity index (χ1) is 21.9. The Morgan fingerprint density at radius 3 is 2.71 bits per heavy atom. The monoisotopic (exact) mass is 625 g/mol. The predicted octanol–water partition coefficient (Wildman–Crippen LogP) is 3.01. The second-order valence-corrected chi connectivity index (χ2v) is 13.2. The number of rotatable bonds is 10. The lowest BCUT2D eigenvalue weighted by Crippen LogP contribution is -2.59. The van der Waals surface area contributed by atoms with Crippen LogP contribution in [0.2, 0.25) is 5.02 Å². The molecule has 2 aromatic heterocycles. The molecule has 45 heavy (non-hydrogen) atoms. The van der Waals surface area contributed by atoms with Gasteiger partial charge in [0.1, 0.15) is 6.54 Å². The molecule has 1 aromatic carbocycles. The van der Waals surface area contributed by atoms with Crippen molar-refractivity contribution in [2.75, 3.05) is 56.0 Å². The van der Waals surface area contributed by atoms with Crippen LogP contribution in [0.25, 0.3) is 5.65 Å². The van der Waals surface area contributed by atoms with E-state index in [4.69, 9.17) is 16.6 Å². The number of nitriles is 2. The van der Waals surface area contributed by atoms with Crippen LogP contribution in [0.4, 0.5) is 11.6 Å². The van der Waals surface area contributed by atoms with Crippen molar-refractivity contribution in [3.63, 3.8) is 0 Å². The number of hydrogen-bond acceptors (Lipinski definition) is 10. The van der Waals surface area contributed by atoms with Gasteiger partial charge in [0.2, 0.25) is 11.9 Å². The van der Waals surface area contributed by atoms with Crippen LogP contribution in [0, 0.1) is 28.1 Å². The maximum Gasteiger partial charge on any atom is 0.247 e. The second kappa shape index (κ2) is 11.9. The molecule has 3 aliphatic heterocycles. The minimum atomic E-state index is -0.279. The minimum Gasteiger partial charge on any atom is -0.366 e. The number of hydrazine groups is 1. The Balaban J connectivity index is 0.942. The number of nitrogens with zero attached hydrogens (tertiary/aromatic N) is 8. The fraction of sp³-hybridized carbons (Fsp3) is 0.469. The molecule has 0 spiro atoms. The van der Waals surface area contributed by atoms with Crippen LogP contribution in [-0.2, 0) is 10.2 Å². The number of benzene rings is 1. The Kier molecular flexibility index (Phi) is 7.74. The number of carbonyl (C=O) groups excluding carboxylic acids is 1. The molecule has 1 saturated carbocycles. The molecular weight excluding hydrogens is 590 g/mol. The summed E-state index contributed by atoms with van der Waals surface area (Å²) in [6.07, 6.45) is 7.96. The highest BCUT2D eigenvalue weighted by molar-refractivity contribution is 6.30. The summed E-state index contributed by atoms with van der Waals surface area (Å²) in [5.74, 6) is 0.561. The molecule has 5 heterocycles. The number of anilines is 2. The van der Waals surface area contributed by atoms with Crippen molar-refractivity contribution >= 4 is 34.8 Å². The van der Waals surface area contributed by atoms with Gasteiger partial charge in [-0.3, -0.25) is 4.79 Å². The van der Waals surface area contributed by atoms with Crippen LogP contribution in [-0.4, -0.2) is 82.3 Å². The van der Waals surface area contributed by atoms with Crippen LogP contribution in [0.1, 0.15) is 37.7 Å². The third-order valence-electron chi connectivity index (χ3n) is 9.55. The summed E-state index contributed by atoms with van der Waals surface area (Å²) in [5.41, 5.74) is 6.46. The van der Waals surface area contributed by atoms with Crippen molar-refractivity contribution in [2.45, 2.75) is 43.6 Å². The van der Waals surface area contributed by atoms with E-state index in [1.807, 2.05) is 58.7 Å². The third-order valence-corrected chi connectivity index (χ3v) is 9.79. The van der Waals surface area contributed by atoms with E-state index in [2.05, 4.69) is 38.2 Å². The van der Waals surface area contributed by atoms with Gasteiger partial charge in [0, 0.05) is 68.0 Å². The number of piperidine rings is 1. The van der Waals surface area contributed by atoms with Crippen molar-refractivity contribution in [3.05, 3.63) is 65.1 Å². The Hall–Kier alpha value is -4.36. The third kappa shape index (κ3) is 6.01. The molecule has 0 unspecified atom stereocenters. The Morgan fingerprint density at radius 1 is 1.16 bits per heavy atom. The summed E-state index contributed by atoms with van der Waals surface area (Å²) in [4.78, 5) is 22.0. The zero-order chi connectivity index (χ0) is 31.0. The smallest absolute Gasteiger partial charge is 0.247 e. The van der Waals surface area contributed by atoms with Crippen molar-refractivity contribution in [1.82, 2.24) is 35.2 Å². The van der Waals surface area contributed by atoms with Gasteiger partial charge in [0.25, 0.3) is 0 Å². The normalized spacial score (nSPS) is 20.3. The molecule has 3 fully saturated rings. The Bertz CT molecular complexity index is 1700. The molecule has 3 aromatic rings. The first kappa shape index (κ1) is 29.4. The summed E-state index contributed by atoms with van der Waals surface area (Å²) in [7, 11) is 0. The van der Waals surface area contributed by atoms with Crippen LogP contribution in [0.15, 0.2) is 54.5 Å². The molecule has 0 atom stereocenters. The Morgan fingerprint density at radius 2 is 1.98 bits per heavy atom. The summed E-state index contributed by atoms with van der Waals surface area (Å²) in [5, 5.41) is 32.8. The van der Waals surface area contributed by atoms with Crippen molar-refractivity contribution in [2.24, 2.45) is 5.41 Å². The summed E-state index contributed by atoms with van der Waals surface area (Å²) < 4.78 is 1.76. The Labute approximate surface area is 267 Å². The topological polar surface area (TPSA) is 141 Å². The zero-order valence-corrected chi connectivity index (χ0v) is 25.8. The highest BCUT2D eigenvalue weighted by Gasteiger charge is 2.45. The standard InChI is InChI=1S/C32H36ClN11O/c33-24-4-1-3-23(15-24)32(10-11-34)21-42(22-32)27-5-2-12-44-29(27)39-30(40-44)38-26-16-37-43(17-26)18-28(45)41-13-6-25(7-14-41)36-20-31(19-35)8-9-31/h1-5,12,15,17,25,36-37H,6-10,13-14,16,18,20-22H2,(H,38,40). The van der Waals surface area contributed by atoms with Crippen LogP contribution >= 0.6 is 11.6 Å². The lowest BCUT2D eigenvalue weighted by atomic mass is 9.71. The number of amides is 1. The molecule has 13 heteroatoms. The second-order valence-electron chi connectivity index (χ2n) is 12.7. The molecule has 12 nitrogen and oxygen atoms in total. The summed E-state index contributed by atoms with van der Waals surface area (Å²) in [6, 6.07) is 16.9. The molecule has 7 rings (SSSR count). The molecule has 232 valence electrons. The largest absolute Gasteiger partial charge is 0.366 e. The minimum absolute atomic E-state index is 0.0874. The van der Waals surface area contributed by atoms with Gasteiger partial charge >= 0.3 is 0 Å². The maximum absolute atomic E-state index is 13.0. The molecule has 2 saturated heterocycles. The van der Waals surface area contributed by atoms with Crippen molar-refractivity contribution < 1.29 is 4.79 Å². The number of hydrogen-bond donors (Lipinski definition) is 3. The fourth-order valence-corrected chi connectivity index (χ4v) is 6.79. The molecule has 0 radical (unpaired) electrons. The van der Waals surface area contributed by atoms with E-state index >= 15 is 0 Å². The average Bonchev–Trinajstić information content (AvgIpc) is 3.49. The van der Waals surface area contributed by atoms with Gasteiger partial charge in [0.05, 0.1) is 35.5 Å². The van der Waals surface area contributed by atoms with Crippen molar-refractivity contribution in [3.8, 4) is 12.1 Å². The number of halogens is 1. The predicted molar refractivity (Wildman–Crippen MR) is 170 cm³/mol. The van der Waals surface area contributed by atoms with E-state index in [9.17, 15) is 15.3 Å². The van der Waals surface area contributed by atoms with Gasteiger partial charge in [0.15, 0.2) is 5.65 Å². The first-order valence-corrected chi connectivity index (χ1v) is 15.9. The fourth-order valence-electron chi connectivity index (χ4n) is 6.60. The summed E-state index contributed by atoms with van der Waals surface area (Å²) >= 11 is 6.27. The number of carbonyl (C=O) groups is 1. The van der Waals surface area contributed by atoms with E-state index in [-0.39, 0.29) is 23.3 Å². The van der Waals surface area contributed by atoms with Crippen molar-refractivity contribution in [1.29, 1.82) is 10.5 Å². The van der Waals surface area contributed by atoms with Gasteiger partial charge in [-0.15, -0.1) is 5.10 Å². The maximum atomic E-state index is 13.0. The SMILES string of the molecule is N#CCC1(c2cccc(Cl)c2)CN(c2cccn3nc(NC4=CN(CC(=O)N5CCC(NCC6(C#N)CC6)CC5)NC4)nc23)C1. The van der Waals surface area contributed by atoms with Crippen LogP contribution in [0.5, 0.6) is 0 Å². The van der Waals surface area contributed by atoms with E-state index in [0.717, 1.165) is 67.9 Å². The van der Waals surface area contributed by atoms with Gasteiger partial charge in [-0.25, -0.2) is 9.94 Å². The molecule has 1 aliphatic carbocycles. The quantitative estimate of drug-likeness (QED) is 0.308. The average molecular weight is 626 g/mol. The lowest BCUT2D eigenvalue weighted by Gasteiger charge is -2.50. The molecule has 0 bridgehead atoms. The molecule has 3 N–H and O–H groups in total. The van der Waals surface area contributed by atoms with E-state index in [0.29, 0.717) is 43.1 Å². The van der Waals surface area contributed by atoms with Crippen LogP contribution < -0.4 is 21.0 Å². The molecule has 4 aliphatic rings. The number of nitrogens with one attached hydrogen (secondary N) is 3. The number of likely N-dealkylation sites (tertiary alicyclic amines) is 1.